The summed E-state index contributed by atoms with van der Waals surface area (Å²) in [6, 6.07) is 6.34. The lowest BCUT2D eigenvalue weighted by Crippen LogP contribution is -2.48. The van der Waals surface area contributed by atoms with Crippen LogP contribution in [0.1, 0.15) is 25.0 Å². The second-order valence-electron chi connectivity index (χ2n) is 5.92. The molecule has 3 atom stereocenters. The number of rotatable bonds is 2. The number of amides is 1. The molecular formula is C16H22ClFN2O2. The minimum atomic E-state index is -0.257. The van der Waals surface area contributed by atoms with Crippen LogP contribution < -0.4 is 5.32 Å². The van der Waals surface area contributed by atoms with Gasteiger partial charge in [0.15, 0.2) is 0 Å². The Hall–Kier alpha value is -1.17. The van der Waals surface area contributed by atoms with Gasteiger partial charge >= 0.3 is 0 Å². The summed E-state index contributed by atoms with van der Waals surface area (Å²) >= 11 is 0. The summed E-state index contributed by atoms with van der Waals surface area (Å²) in [6.45, 7) is 4.84. The largest absolute Gasteiger partial charge is 0.367 e. The van der Waals surface area contributed by atoms with Crippen LogP contribution in [-0.4, -0.2) is 43.1 Å². The number of carbonyl (C=O) groups excluding carboxylic acids is 1. The lowest BCUT2D eigenvalue weighted by atomic mass is 10.0. The Labute approximate surface area is 136 Å². The van der Waals surface area contributed by atoms with E-state index in [9.17, 15) is 9.18 Å². The summed E-state index contributed by atoms with van der Waals surface area (Å²) < 4.78 is 19.0. The minimum Gasteiger partial charge on any atom is -0.367 e. The topological polar surface area (TPSA) is 41.6 Å². The van der Waals surface area contributed by atoms with Crippen molar-refractivity contribution in [1.29, 1.82) is 0 Å². The van der Waals surface area contributed by atoms with Crippen molar-refractivity contribution in [1.82, 2.24) is 10.2 Å². The minimum absolute atomic E-state index is 0. The van der Waals surface area contributed by atoms with E-state index in [1.165, 1.54) is 12.1 Å². The normalized spacial score (nSPS) is 28.3. The molecule has 2 heterocycles. The van der Waals surface area contributed by atoms with Crippen molar-refractivity contribution < 1.29 is 13.9 Å². The summed E-state index contributed by atoms with van der Waals surface area (Å²) in [5.74, 6) is 0.0407. The molecule has 1 aromatic rings. The van der Waals surface area contributed by atoms with E-state index in [1.807, 2.05) is 11.8 Å². The lowest BCUT2D eigenvalue weighted by Gasteiger charge is -2.38. The van der Waals surface area contributed by atoms with Crippen molar-refractivity contribution in [3.8, 4) is 0 Å². The van der Waals surface area contributed by atoms with Crippen LogP contribution in [0.2, 0.25) is 0 Å². The highest BCUT2D eigenvalue weighted by atomic mass is 35.5. The molecule has 2 fully saturated rings. The van der Waals surface area contributed by atoms with Gasteiger partial charge in [0, 0.05) is 13.1 Å². The third kappa shape index (κ3) is 3.77. The maximum absolute atomic E-state index is 13.0. The summed E-state index contributed by atoms with van der Waals surface area (Å²) in [6.07, 6.45) is 0.728. The van der Waals surface area contributed by atoms with Gasteiger partial charge in [0.2, 0.25) is 5.91 Å². The van der Waals surface area contributed by atoms with Gasteiger partial charge in [0.25, 0.3) is 0 Å². The van der Waals surface area contributed by atoms with E-state index in [2.05, 4.69) is 5.32 Å². The van der Waals surface area contributed by atoms with Crippen molar-refractivity contribution in [2.24, 2.45) is 5.92 Å². The third-order valence-corrected chi connectivity index (χ3v) is 4.22. The molecule has 2 aliphatic rings. The van der Waals surface area contributed by atoms with Gasteiger partial charge in [0.1, 0.15) is 11.9 Å². The molecule has 1 amide bonds. The molecule has 2 aliphatic heterocycles. The number of ether oxygens (including phenoxy) is 1. The molecule has 0 spiro atoms. The van der Waals surface area contributed by atoms with Crippen molar-refractivity contribution in [3.05, 3.63) is 35.6 Å². The van der Waals surface area contributed by atoms with Crippen LogP contribution in [0, 0.1) is 11.7 Å². The van der Waals surface area contributed by atoms with Gasteiger partial charge in [-0.2, -0.15) is 0 Å². The number of hydrogen-bond donors (Lipinski definition) is 1. The first-order chi connectivity index (χ1) is 10.1. The number of nitrogens with zero attached hydrogens (tertiary/aromatic N) is 1. The maximum Gasteiger partial charge on any atom is 0.227 e. The molecule has 6 heteroatoms. The molecule has 3 unspecified atom stereocenters. The average molecular weight is 329 g/mol. The fraction of sp³-hybridized carbons (Fsp3) is 0.562. The van der Waals surface area contributed by atoms with Crippen LogP contribution >= 0.6 is 12.4 Å². The Bertz CT molecular complexity index is 505. The Morgan fingerprint density at radius 3 is 2.68 bits per heavy atom. The van der Waals surface area contributed by atoms with Crippen LogP contribution in [0.4, 0.5) is 4.39 Å². The Kier molecular flexibility index (Phi) is 5.78. The lowest BCUT2D eigenvalue weighted by molar-refractivity contribution is -0.148. The van der Waals surface area contributed by atoms with Gasteiger partial charge in [-0.05, 0) is 37.6 Å². The number of hydrogen-bond acceptors (Lipinski definition) is 3. The molecule has 0 radical (unpaired) electrons. The summed E-state index contributed by atoms with van der Waals surface area (Å²) in [5, 5.41) is 3.23. The highest BCUT2D eigenvalue weighted by Crippen LogP contribution is 2.27. The fourth-order valence-corrected chi connectivity index (χ4v) is 3.12. The molecule has 1 N–H and O–H groups in total. The highest BCUT2D eigenvalue weighted by Gasteiger charge is 2.33. The smallest absolute Gasteiger partial charge is 0.227 e. The molecule has 122 valence electrons. The monoisotopic (exact) mass is 328 g/mol. The van der Waals surface area contributed by atoms with Crippen molar-refractivity contribution in [2.45, 2.75) is 25.6 Å². The van der Waals surface area contributed by atoms with E-state index in [4.69, 9.17) is 4.74 Å². The van der Waals surface area contributed by atoms with Gasteiger partial charge in [-0.3, -0.25) is 4.79 Å². The predicted octanol–water partition coefficient (Wildman–Crippen LogP) is 2.15. The van der Waals surface area contributed by atoms with Gasteiger partial charge in [-0.15, -0.1) is 12.4 Å². The molecule has 1 aromatic carbocycles. The SMILES string of the molecule is CC1CN(C(=O)C2CCNC2)CC(c2ccc(F)cc2)O1.Cl. The second kappa shape index (κ2) is 7.40. The molecule has 2 saturated heterocycles. The van der Waals surface area contributed by atoms with E-state index in [1.54, 1.807) is 12.1 Å². The fourth-order valence-electron chi connectivity index (χ4n) is 3.12. The number of nitrogens with one attached hydrogen (secondary N) is 1. The van der Waals surface area contributed by atoms with Gasteiger partial charge < -0.3 is 15.0 Å². The zero-order chi connectivity index (χ0) is 14.8. The van der Waals surface area contributed by atoms with E-state index < -0.39 is 0 Å². The van der Waals surface area contributed by atoms with Crippen LogP contribution in [0.15, 0.2) is 24.3 Å². The van der Waals surface area contributed by atoms with Crippen molar-refractivity contribution in [3.63, 3.8) is 0 Å². The first-order valence-electron chi connectivity index (χ1n) is 7.54. The molecule has 3 rings (SSSR count). The number of carbonyl (C=O) groups is 1. The first-order valence-corrected chi connectivity index (χ1v) is 7.54. The standard InChI is InChI=1S/C16H21FN2O2.ClH/c1-11-9-19(16(20)13-6-7-18-8-13)10-15(21-11)12-2-4-14(17)5-3-12;/h2-5,11,13,15,18H,6-10H2,1H3;1H. The molecule has 0 saturated carbocycles. The van der Waals surface area contributed by atoms with E-state index >= 15 is 0 Å². The number of morpholine rings is 1. The summed E-state index contributed by atoms with van der Waals surface area (Å²) in [4.78, 5) is 14.4. The van der Waals surface area contributed by atoms with Crippen LogP contribution in [0.25, 0.3) is 0 Å². The zero-order valence-corrected chi connectivity index (χ0v) is 13.4. The average Bonchev–Trinajstić information content (AvgIpc) is 3.00. The van der Waals surface area contributed by atoms with Gasteiger partial charge in [-0.25, -0.2) is 4.39 Å². The molecule has 4 nitrogen and oxygen atoms in total. The van der Waals surface area contributed by atoms with E-state index in [0.717, 1.165) is 25.1 Å². The Balaban J connectivity index is 0.00000176. The maximum atomic E-state index is 13.0. The quantitative estimate of drug-likeness (QED) is 0.904. The van der Waals surface area contributed by atoms with Crippen molar-refractivity contribution in [2.75, 3.05) is 26.2 Å². The molecular weight excluding hydrogens is 307 g/mol. The Morgan fingerprint density at radius 2 is 2.05 bits per heavy atom. The van der Waals surface area contributed by atoms with Gasteiger partial charge in [-0.1, -0.05) is 12.1 Å². The third-order valence-electron chi connectivity index (χ3n) is 4.22. The summed E-state index contributed by atoms with van der Waals surface area (Å²) in [5.41, 5.74) is 0.922. The second-order valence-corrected chi connectivity index (χ2v) is 5.92. The zero-order valence-electron chi connectivity index (χ0n) is 12.6. The Morgan fingerprint density at radius 1 is 1.32 bits per heavy atom. The molecule has 22 heavy (non-hydrogen) atoms. The van der Waals surface area contributed by atoms with E-state index in [0.29, 0.717) is 13.1 Å². The van der Waals surface area contributed by atoms with Crippen LogP contribution in [0.5, 0.6) is 0 Å². The molecule has 0 aliphatic carbocycles. The van der Waals surface area contributed by atoms with Crippen molar-refractivity contribution >= 4 is 18.3 Å². The van der Waals surface area contributed by atoms with Crippen LogP contribution in [-0.2, 0) is 9.53 Å². The molecule has 0 aromatic heterocycles. The first kappa shape index (κ1) is 17.2. The van der Waals surface area contributed by atoms with Gasteiger partial charge in [0.05, 0.1) is 18.6 Å². The predicted molar refractivity (Wildman–Crippen MR) is 84.5 cm³/mol. The van der Waals surface area contributed by atoms with Crippen LogP contribution in [0.3, 0.4) is 0 Å². The number of halogens is 2. The highest BCUT2D eigenvalue weighted by molar-refractivity contribution is 5.85. The van der Waals surface area contributed by atoms with E-state index in [-0.39, 0.29) is 42.3 Å². The number of benzene rings is 1. The summed E-state index contributed by atoms with van der Waals surface area (Å²) in [7, 11) is 0. The molecule has 0 bridgehead atoms.